The number of nitrogens with zero attached hydrogens (tertiary/aromatic N) is 7. The highest BCUT2D eigenvalue weighted by molar-refractivity contribution is 7.13. The van der Waals surface area contributed by atoms with Gasteiger partial charge in [-0.1, -0.05) is 11.3 Å². The third-order valence-corrected chi connectivity index (χ3v) is 4.46. The van der Waals surface area contributed by atoms with E-state index in [-0.39, 0.29) is 6.04 Å². The van der Waals surface area contributed by atoms with Crippen LogP contribution < -0.4 is 10.2 Å². The first-order chi connectivity index (χ1) is 11.8. The zero-order valence-electron chi connectivity index (χ0n) is 13.1. The van der Waals surface area contributed by atoms with Crippen molar-refractivity contribution in [3.63, 3.8) is 0 Å². The van der Waals surface area contributed by atoms with E-state index >= 15 is 0 Å². The van der Waals surface area contributed by atoms with E-state index in [0.717, 1.165) is 42.7 Å². The molecule has 0 radical (unpaired) electrons. The molecule has 1 aliphatic rings. The van der Waals surface area contributed by atoms with Crippen molar-refractivity contribution in [2.75, 3.05) is 16.8 Å². The third-order valence-electron chi connectivity index (χ3n) is 3.86. The topological polar surface area (TPSA) is 92.6 Å². The van der Waals surface area contributed by atoms with Crippen molar-refractivity contribution in [1.29, 1.82) is 0 Å². The summed E-state index contributed by atoms with van der Waals surface area (Å²) in [6, 6.07) is 3.96. The first-order valence-electron chi connectivity index (χ1n) is 7.72. The lowest BCUT2D eigenvalue weighted by Gasteiger charge is -2.24. The van der Waals surface area contributed by atoms with Crippen LogP contribution in [0.1, 0.15) is 30.4 Å². The van der Waals surface area contributed by atoms with E-state index in [9.17, 15) is 0 Å². The smallest absolute Gasteiger partial charge is 0.225 e. The second-order valence-corrected chi connectivity index (χ2v) is 6.33. The molecule has 0 aromatic carbocycles. The Morgan fingerprint density at radius 2 is 2.12 bits per heavy atom. The fraction of sp³-hybridized carbons (Fsp3) is 0.333. The minimum absolute atomic E-state index is 0.157. The highest BCUT2D eigenvalue weighted by Crippen LogP contribution is 2.34. The number of rotatable bonds is 4. The van der Waals surface area contributed by atoms with E-state index in [4.69, 9.17) is 0 Å². The van der Waals surface area contributed by atoms with Crippen molar-refractivity contribution in [1.82, 2.24) is 30.1 Å². The summed E-state index contributed by atoms with van der Waals surface area (Å²) >= 11 is 1.43. The molecule has 4 rings (SSSR count). The number of nitrogens with one attached hydrogen (secondary N) is 1. The normalized spacial score (nSPS) is 17.2. The molecule has 0 aliphatic carbocycles. The summed E-state index contributed by atoms with van der Waals surface area (Å²) in [5, 5.41) is 11.7. The van der Waals surface area contributed by atoms with Gasteiger partial charge in [0.05, 0.1) is 11.7 Å². The summed E-state index contributed by atoms with van der Waals surface area (Å²) in [6.07, 6.45) is 5.65. The Morgan fingerprint density at radius 1 is 1.25 bits per heavy atom. The standard InChI is InChI=1S/C15H16N8S/c1-10-19-11(8-13(20-10)21-15-22-18-9-24-15)12-4-2-7-23(12)14-16-5-3-6-17-14/h3,5-6,8-9,12H,2,4,7H2,1H3,(H,19,20,21,22). The predicted molar refractivity (Wildman–Crippen MR) is 91.3 cm³/mol. The summed E-state index contributed by atoms with van der Waals surface area (Å²) in [5.41, 5.74) is 2.66. The van der Waals surface area contributed by atoms with E-state index in [0.29, 0.717) is 5.13 Å². The number of aromatic nitrogens is 6. The van der Waals surface area contributed by atoms with E-state index in [1.54, 1.807) is 17.9 Å². The van der Waals surface area contributed by atoms with Crippen LogP contribution in [0.15, 0.2) is 30.0 Å². The maximum absolute atomic E-state index is 4.64. The highest BCUT2D eigenvalue weighted by atomic mass is 32.1. The summed E-state index contributed by atoms with van der Waals surface area (Å²) in [4.78, 5) is 20.1. The molecule has 8 nitrogen and oxygen atoms in total. The van der Waals surface area contributed by atoms with Crippen LogP contribution in [-0.2, 0) is 0 Å². The molecule has 9 heteroatoms. The molecule has 3 aromatic rings. The zero-order valence-corrected chi connectivity index (χ0v) is 13.9. The molecule has 1 N–H and O–H groups in total. The van der Waals surface area contributed by atoms with Crippen LogP contribution in [0.2, 0.25) is 0 Å². The molecule has 24 heavy (non-hydrogen) atoms. The predicted octanol–water partition coefficient (Wildman–Crippen LogP) is 2.51. The molecule has 3 aromatic heterocycles. The van der Waals surface area contributed by atoms with Gasteiger partial charge in [-0.05, 0) is 25.8 Å². The van der Waals surface area contributed by atoms with Crippen molar-refractivity contribution in [2.45, 2.75) is 25.8 Å². The molecule has 1 fully saturated rings. The fourth-order valence-electron chi connectivity index (χ4n) is 2.92. The van der Waals surface area contributed by atoms with Crippen LogP contribution in [0.25, 0.3) is 0 Å². The Labute approximate surface area is 143 Å². The fourth-order valence-corrected chi connectivity index (χ4v) is 3.37. The summed E-state index contributed by atoms with van der Waals surface area (Å²) in [5.74, 6) is 2.20. The number of hydrogen-bond donors (Lipinski definition) is 1. The van der Waals surface area contributed by atoms with Crippen LogP contribution in [0.3, 0.4) is 0 Å². The van der Waals surface area contributed by atoms with E-state index in [1.165, 1.54) is 11.3 Å². The number of hydrogen-bond acceptors (Lipinski definition) is 9. The summed E-state index contributed by atoms with van der Waals surface area (Å²) in [6.45, 7) is 2.82. The number of anilines is 3. The van der Waals surface area contributed by atoms with Gasteiger partial charge in [-0.2, -0.15) is 0 Å². The molecule has 1 atom stereocenters. The van der Waals surface area contributed by atoms with Crippen LogP contribution >= 0.6 is 11.3 Å². The second-order valence-electron chi connectivity index (χ2n) is 5.49. The Balaban J connectivity index is 1.64. The Bertz CT molecular complexity index is 808. The van der Waals surface area contributed by atoms with Crippen LogP contribution in [0.4, 0.5) is 16.9 Å². The molecule has 1 unspecified atom stereocenters. The minimum Gasteiger partial charge on any atom is -0.332 e. The third kappa shape index (κ3) is 3.02. The average molecular weight is 340 g/mol. The van der Waals surface area contributed by atoms with E-state index in [1.807, 2.05) is 19.1 Å². The van der Waals surface area contributed by atoms with Gasteiger partial charge in [0.2, 0.25) is 11.1 Å². The van der Waals surface area contributed by atoms with Gasteiger partial charge in [-0.25, -0.2) is 19.9 Å². The van der Waals surface area contributed by atoms with Crippen LogP contribution in [0.5, 0.6) is 0 Å². The van der Waals surface area contributed by atoms with E-state index < -0.39 is 0 Å². The van der Waals surface area contributed by atoms with Gasteiger partial charge in [0, 0.05) is 25.0 Å². The maximum Gasteiger partial charge on any atom is 0.225 e. The SMILES string of the molecule is Cc1nc(Nc2nncs2)cc(C2CCCN2c2ncccn2)n1. The number of aryl methyl sites for hydroxylation is 1. The van der Waals surface area contributed by atoms with Gasteiger partial charge >= 0.3 is 0 Å². The molecule has 0 saturated carbocycles. The van der Waals surface area contributed by atoms with Crippen molar-refractivity contribution in [3.05, 3.63) is 41.6 Å². The molecular weight excluding hydrogens is 324 g/mol. The molecule has 0 spiro atoms. The van der Waals surface area contributed by atoms with Gasteiger partial charge in [-0.15, -0.1) is 10.2 Å². The van der Waals surface area contributed by atoms with Gasteiger partial charge in [0.1, 0.15) is 17.2 Å². The van der Waals surface area contributed by atoms with Gasteiger partial charge in [0.15, 0.2) is 0 Å². The molecule has 0 bridgehead atoms. The Hall–Kier alpha value is -2.68. The monoisotopic (exact) mass is 340 g/mol. The minimum atomic E-state index is 0.157. The Morgan fingerprint density at radius 3 is 2.92 bits per heavy atom. The van der Waals surface area contributed by atoms with Gasteiger partial charge in [0.25, 0.3) is 0 Å². The lowest BCUT2D eigenvalue weighted by atomic mass is 10.1. The molecular formula is C15H16N8S. The largest absolute Gasteiger partial charge is 0.332 e. The van der Waals surface area contributed by atoms with E-state index in [2.05, 4.69) is 40.3 Å². The lowest BCUT2D eigenvalue weighted by Crippen LogP contribution is -2.25. The molecule has 4 heterocycles. The van der Waals surface area contributed by atoms with Crippen molar-refractivity contribution >= 4 is 28.2 Å². The molecule has 0 amide bonds. The second kappa shape index (κ2) is 6.44. The molecule has 1 aliphatic heterocycles. The average Bonchev–Trinajstić information content (AvgIpc) is 3.26. The van der Waals surface area contributed by atoms with Gasteiger partial charge in [-0.3, -0.25) is 0 Å². The Kier molecular flexibility index (Phi) is 3.99. The summed E-state index contributed by atoms with van der Waals surface area (Å²) in [7, 11) is 0. The lowest BCUT2D eigenvalue weighted by molar-refractivity contribution is 0.673. The summed E-state index contributed by atoms with van der Waals surface area (Å²) < 4.78 is 0. The van der Waals surface area contributed by atoms with Gasteiger partial charge < -0.3 is 10.2 Å². The van der Waals surface area contributed by atoms with Crippen LogP contribution in [0, 0.1) is 6.92 Å². The quantitative estimate of drug-likeness (QED) is 0.774. The first-order valence-corrected chi connectivity index (χ1v) is 8.60. The highest BCUT2D eigenvalue weighted by Gasteiger charge is 2.29. The first kappa shape index (κ1) is 14.9. The zero-order chi connectivity index (χ0) is 16.4. The molecule has 1 saturated heterocycles. The van der Waals surface area contributed by atoms with Crippen LogP contribution in [-0.4, -0.2) is 36.7 Å². The molecule has 122 valence electrons. The van der Waals surface area contributed by atoms with Crippen molar-refractivity contribution < 1.29 is 0 Å². The van der Waals surface area contributed by atoms with Crippen molar-refractivity contribution in [3.8, 4) is 0 Å². The maximum atomic E-state index is 4.64. The van der Waals surface area contributed by atoms with Crippen molar-refractivity contribution in [2.24, 2.45) is 0 Å².